The van der Waals surface area contributed by atoms with E-state index in [4.69, 9.17) is 11.6 Å². The fraction of sp³-hybridized carbons (Fsp3) is 0.333. The van der Waals surface area contributed by atoms with Gasteiger partial charge in [0.25, 0.3) is 0 Å². The number of aromatic nitrogens is 4. The van der Waals surface area contributed by atoms with Crippen molar-refractivity contribution in [3.63, 3.8) is 0 Å². The Kier molecular flexibility index (Phi) is 6.51. The summed E-state index contributed by atoms with van der Waals surface area (Å²) in [4.78, 5) is 16.8. The lowest BCUT2D eigenvalue weighted by molar-refractivity contribution is -0.113. The maximum absolute atomic E-state index is 12.3. The highest BCUT2D eigenvalue weighted by Crippen LogP contribution is 2.27. The highest BCUT2D eigenvalue weighted by molar-refractivity contribution is 7.99. The van der Waals surface area contributed by atoms with Crippen LogP contribution in [0.5, 0.6) is 0 Å². The molecule has 0 saturated heterocycles. The number of carbonyl (C=O) groups is 1. The summed E-state index contributed by atoms with van der Waals surface area (Å²) in [6, 6.07) is 7.70. The van der Waals surface area contributed by atoms with Crippen molar-refractivity contribution < 1.29 is 4.79 Å². The van der Waals surface area contributed by atoms with Crippen LogP contribution >= 0.6 is 34.7 Å². The molecule has 0 aliphatic heterocycles. The predicted molar refractivity (Wildman–Crippen MR) is 112 cm³/mol. The Morgan fingerprint density at radius 3 is 2.70 bits per heavy atom. The van der Waals surface area contributed by atoms with E-state index in [1.807, 2.05) is 36.6 Å². The molecule has 3 rings (SSSR count). The van der Waals surface area contributed by atoms with E-state index in [-0.39, 0.29) is 17.7 Å². The SMILES string of the molecule is CCc1nnc(SCC(=O)Nc2nc(-c3ccc(Cl)cc3)cs2)n1C(C)C. The number of benzene rings is 1. The van der Waals surface area contributed by atoms with Crippen LogP contribution in [0.4, 0.5) is 5.13 Å². The highest BCUT2D eigenvalue weighted by atomic mass is 35.5. The summed E-state index contributed by atoms with van der Waals surface area (Å²) in [6.07, 6.45) is 0.810. The summed E-state index contributed by atoms with van der Waals surface area (Å²) in [5.74, 6) is 1.07. The van der Waals surface area contributed by atoms with Crippen molar-refractivity contribution in [1.29, 1.82) is 0 Å². The molecule has 0 spiro atoms. The molecule has 0 unspecified atom stereocenters. The number of halogens is 1. The molecule has 0 fully saturated rings. The Labute approximate surface area is 171 Å². The van der Waals surface area contributed by atoms with Gasteiger partial charge in [0.2, 0.25) is 5.91 Å². The molecule has 6 nitrogen and oxygen atoms in total. The van der Waals surface area contributed by atoms with E-state index in [1.165, 1.54) is 23.1 Å². The van der Waals surface area contributed by atoms with Gasteiger partial charge in [-0.1, -0.05) is 42.4 Å². The van der Waals surface area contributed by atoms with Crippen LogP contribution in [-0.2, 0) is 11.2 Å². The third-order valence-electron chi connectivity index (χ3n) is 3.79. The summed E-state index contributed by atoms with van der Waals surface area (Å²) in [7, 11) is 0. The van der Waals surface area contributed by atoms with Crippen molar-refractivity contribution in [2.45, 2.75) is 38.4 Å². The fourth-order valence-electron chi connectivity index (χ4n) is 2.54. The molecule has 3 aromatic rings. The minimum atomic E-state index is -0.117. The first-order valence-corrected chi connectivity index (χ1v) is 10.8. The van der Waals surface area contributed by atoms with Crippen molar-refractivity contribution in [1.82, 2.24) is 19.7 Å². The maximum atomic E-state index is 12.3. The summed E-state index contributed by atoms with van der Waals surface area (Å²) < 4.78 is 2.07. The molecule has 2 aromatic heterocycles. The Morgan fingerprint density at radius 2 is 2.04 bits per heavy atom. The Bertz CT molecular complexity index is 920. The molecule has 9 heteroatoms. The first kappa shape index (κ1) is 19.9. The van der Waals surface area contributed by atoms with Crippen molar-refractivity contribution in [3.8, 4) is 11.3 Å². The van der Waals surface area contributed by atoms with Crippen molar-refractivity contribution >= 4 is 45.7 Å². The number of carbonyl (C=O) groups excluding carboxylic acids is 1. The van der Waals surface area contributed by atoms with Crippen LogP contribution in [0.15, 0.2) is 34.8 Å². The molecule has 0 aliphatic rings. The highest BCUT2D eigenvalue weighted by Gasteiger charge is 2.16. The number of aryl methyl sites for hydroxylation is 1. The number of anilines is 1. The quantitative estimate of drug-likeness (QED) is 0.547. The number of hydrogen-bond acceptors (Lipinski definition) is 6. The molecule has 0 bridgehead atoms. The van der Waals surface area contributed by atoms with Gasteiger partial charge in [0.15, 0.2) is 10.3 Å². The number of thiazole rings is 1. The van der Waals surface area contributed by atoms with Gasteiger partial charge >= 0.3 is 0 Å². The van der Waals surface area contributed by atoms with E-state index in [2.05, 4.69) is 38.9 Å². The van der Waals surface area contributed by atoms with E-state index >= 15 is 0 Å². The first-order chi connectivity index (χ1) is 13.0. The lowest BCUT2D eigenvalue weighted by Crippen LogP contribution is -2.15. The summed E-state index contributed by atoms with van der Waals surface area (Å²) in [5, 5.41) is 15.2. The molecular weight excluding hydrogens is 402 g/mol. The van der Waals surface area contributed by atoms with Gasteiger partial charge in [-0.2, -0.15) is 0 Å². The lowest BCUT2D eigenvalue weighted by Gasteiger charge is -2.12. The van der Waals surface area contributed by atoms with Gasteiger partial charge in [0.05, 0.1) is 11.4 Å². The molecule has 142 valence electrons. The molecular formula is C18H20ClN5OS2. The van der Waals surface area contributed by atoms with Gasteiger partial charge in [-0.25, -0.2) is 4.98 Å². The van der Waals surface area contributed by atoms with Gasteiger partial charge < -0.3 is 9.88 Å². The Hall–Kier alpha value is -1.90. The maximum Gasteiger partial charge on any atom is 0.236 e. The second-order valence-electron chi connectivity index (χ2n) is 6.10. The van der Waals surface area contributed by atoms with Crippen molar-refractivity contribution in [2.24, 2.45) is 0 Å². The van der Waals surface area contributed by atoms with E-state index in [0.29, 0.717) is 10.2 Å². The normalized spacial score (nSPS) is 11.1. The average molecular weight is 422 g/mol. The second-order valence-corrected chi connectivity index (χ2v) is 8.33. The summed E-state index contributed by atoms with van der Waals surface area (Å²) >= 11 is 8.69. The molecule has 0 aliphatic carbocycles. The fourth-order valence-corrected chi connectivity index (χ4v) is 4.28. The van der Waals surface area contributed by atoms with Crippen LogP contribution in [0, 0.1) is 0 Å². The van der Waals surface area contributed by atoms with E-state index in [0.717, 1.165) is 28.7 Å². The molecule has 0 radical (unpaired) electrons. The number of hydrogen-bond donors (Lipinski definition) is 1. The number of nitrogens with one attached hydrogen (secondary N) is 1. The van der Waals surface area contributed by atoms with Gasteiger partial charge in [0.1, 0.15) is 5.82 Å². The third-order valence-corrected chi connectivity index (χ3v) is 5.74. The lowest BCUT2D eigenvalue weighted by atomic mass is 10.2. The second kappa shape index (κ2) is 8.86. The zero-order valence-corrected chi connectivity index (χ0v) is 17.7. The van der Waals surface area contributed by atoms with Crippen LogP contribution in [0.1, 0.15) is 32.6 Å². The van der Waals surface area contributed by atoms with Crippen LogP contribution in [0.2, 0.25) is 5.02 Å². The van der Waals surface area contributed by atoms with E-state index in [1.54, 1.807) is 0 Å². The van der Waals surface area contributed by atoms with Gasteiger partial charge in [-0.15, -0.1) is 21.5 Å². The van der Waals surface area contributed by atoms with E-state index < -0.39 is 0 Å². The monoisotopic (exact) mass is 421 g/mol. The number of nitrogens with zero attached hydrogens (tertiary/aromatic N) is 4. The van der Waals surface area contributed by atoms with Gasteiger partial charge in [-0.05, 0) is 26.0 Å². The van der Waals surface area contributed by atoms with Crippen LogP contribution in [0.3, 0.4) is 0 Å². The topological polar surface area (TPSA) is 72.7 Å². The molecule has 2 heterocycles. The largest absolute Gasteiger partial charge is 0.303 e. The summed E-state index contributed by atoms with van der Waals surface area (Å²) in [5.41, 5.74) is 1.77. The van der Waals surface area contributed by atoms with Gasteiger partial charge in [0, 0.05) is 28.4 Å². The molecule has 0 saturated carbocycles. The van der Waals surface area contributed by atoms with Crippen molar-refractivity contribution in [2.75, 3.05) is 11.1 Å². The Morgan fingerprint density at radius 1 is 1.30 bits per heavy atom. The number of thioether (sulfide) groups is 1. The third kappa shape index (κ3) is 4.88. The summed E-state index contributed by atoms with van der Waals surface area (Å²) in [6.45, 7) is 6.21. The molecule has 1 amide bonds. The molecule has 27 heavy (non-hydrogen) atoms. The van der Waals surface area contributed by atoms with Crippen LogP contribution < -0.4 is 5.32 Å². The van der Waals surface area contributed by atoms with Crippen molar-refractivity contribution in [3.05, 3.63) is 40.5 Å². The molecule has 1 N–H and O–H groups in total. The average Bonchev–Trinajstić information content (AvgIpc) is 3.27. The van der Waals surface area contributed by atoms with E-state index in [9.17, 15) is 4.79 Å². The smallest absolute Gasteiger partial charge is 0.236 e. The minimum absolute atomic E-state index is 0.117. The zero-order chi connectivity index (χ0) is 19.4. The molecule has 1 aromatic carbocycles. The first-order valence-electron chi connectivity index (χ1n) is 8.55. The standard InChI is InChI=1S/C18H20ClN5OS2/c1-4-15-22-23-18(24(15)11(2)3)27-10-16(25)21-17-20-14(9-26-17)12-5-7-13(19)8-6-12/h5-9,11H,4,10H2,1-3H3,(H,20,21,25). The van der Waals surface area contributed by atoms with Crippen LogP contribution in [0.25, 0.3) is 11.3 Å². The zero-order valence-electron chi connectivity index (χ0n) is 15.3. The van der Waals surface area contributed by atoms with Crippen LogP contribution in [-0.4, -0.2) is 31.4 Å². The van der Waals surface area contributed by atoms with Gasteiger partial charge in [-0.3, -0.25) is 4.79 Å². The minimum Gasteiger partial charge on any atom is -0.303 e. The molecule has 0 atom stereocenters. The Balaban J connectivity index is 1.60. The number of amides is 1. The predicted octanol–water partition coefficient (Wildman–Crippen LogP) is 4.93. The number of rotatable bonds is 7.